The summed E-state index contributed by atoms with van der Waals surface area (Å²) in [4.78, 5) is 7.08. The summed E-state index contributed by atoms with van der Waals surface area (Å²) in [6, 6.07) is 5.62. The van der Waals surface area contributed by atoms with Crippen LogP contribution in [0.1, 0.15) is 36.8 Å². The zero-order valence-corrected chi connectivity index (χ0v) is 19.4. The molecule has 1 aromatic carbocycles. The maximum absolute atomic E-state index is 13.9. The number of benzene rings is 1. The molecule has 2 aliphatic heterocycles. The van der Waals surface area contributed by atoms with E-state index in [1.807, 2.05) is 6.07 Å². The molecule has 1 saturated heterocycles. The van der Waals surface area contributed by atoms with Crippen LogP contribution in [-0.4, -0.2) is 57.8 Å². The number of fused-ring (bicyclic) bond motifs is 3. The van der Waals surface area contributed by atoms with E-state index >= 15 is 0 Å². The van der Waals surface area contributed by atoms with E-state index in [0.717, 1.165) is 44.1 Å². The largest absolute Gasteiger partial charge is 0.480 e. The van der Waals surface area contributed by atoms with Gasteiger partial charge in [-0.15, -0.1) is 10.2 Å². The van der Waals surface area contributed by atoms with Crippen molar-refractivity contribution in [3.63, 3.8) is 0 Å². The van der Waals surface area contributed by atoms with E-state index < -0.39 is 17.7 Å². The summed E-state index contributed by atoms with van der Waals surface area (Å²) >= 11 is 0. The molecule has 0 amide bonds. The highest BCUT2D eigenvalue weighted by atomic mass is 19.1. The summed E-state index contributed by atoms with van der Waals surface area (Å²) in [5.74, 6) is 1.20. The minimum atomic E-state index is -0.668. The first kappa shape index (κ1) is 22.1. The van der Waals surface area contributed by atoms with Crippen LogP contribution in [0.4, 0.5) is 20.4 Å². The zero-order chi connectivity index (χ0) is 23.9. The maximum atomic E-state index is 13.9. The van der Waals surface area contributed by atoms with Crippen molar-refractivity contribution in [2.45, 2.75) is 38.0 Å². The molecule has 3 atom stereocenters. The second-order valence-electron chi connectivity index (χ2n) is 9.45. The van der Waals surface area contributed by atoms with E-state index in [2.05, 4.69) is 20.4 Å². The van der Waals surface area contributed by atoms with Crippen molar-refractivity contribution >= 4 is 11.6 Å². The Balaban J connectivity index is 1.21. The van der Waals surface area contributed by atoms with Crippen LogP contribution in [0, 0.1) is 23.5 Å². The molecular formula is C24H27F2N7O2. The van der Waals surface area contributed by atoms with Gasteiger partial charge in [-0.1, -0.05) is 0 Å². The van der Waals surface area contributed by atoms with Crippen LogP contribution in [0.2, 0.25) is 0 Å². The highest BCUT2D eigenvalue weighted by Gasteiger charge is 2.43. The summed E-state index contributed by atoms with van der Waals surface area (Å²) in [5, 5.41) is 16.3. The van der Waals surface area contributed by atoms with Crippen LogP contribution in [0.5, 0.6) is 5.88 Å². The Morgan fingerprint density at radius 1 is 1.09 bits per heavy atom. The Hall–Kier alpha value is -3.34. The zero-order valence-electron chi connectivity index (χ0n) is 19.4. The average molecular weight is 484 g/mol. The monoisotopic (exact) mass is 483 g/mol. The standard InChI is InChI=1S/C24H27F2N7O2/c1-34-20-10-19(11-27-30-20)32-12-14-3-4-15(13-32)21(14)28-24-29-23-22(35-6-2-5-33(23)31-24)16-7-17(25)9-18(26)8-16/h7-11,14-15,21-22H,2-6,12-13H2,1H3,(H,28,31)/t14-,15-,22-/m1/s1. The Labute approximate surface area is 201 Å². The van der Waals surface area contributed by atoms with Gasteiger partial charge in [0.15, 0.2) is 5.82 Å². The topological polar surface area (TPSA) is 90.2 Å². The average Bonchev–Trinajstić information content (AvgIpc) is 3.25. The van der Waals surface area contributed by atoms with Crippen molar-refractivity contribution in [2.24, 2.45) is 11.8 Å². The van der Waals surface area contributed by atoms with Crippen molar-refractivity contribution in [2.75, 3.05) is 37.0 Å². The molecule has 1 aliphatic carbocycles. The Morgan fingerprint density at radius 2 is 1.86 bits per heavy atom. The third-order valence-electron chi connectivity index (χ3n) is 7.24. The minimum absolute atomic E-state index is 0.251. The van der Waals surface area contributed by atoms with E-state index in [-0.39, 0.29) is 6.04 Å². The molecule has 2 bridgehead atoms. The van der Waals surface area contributed by atoms with E-state index in [1.165, 1.54) is 12.1 Å². The lowest BCUT2D eigenvalue weighted by Crippen LogP contribution is -2.48. The lowest BCUT2D eigenvalue weighted by Gasteiger charge is -2.39. The fourth-order valence-corrected chi connectivity index (χ4v) is 5.66. The number of anilines is 2. The molecule has 0 spiro atoms. The molecule has 1 N–H and O–H groups in total. The van der Waals surface area contributed by atoms with E-state index in [0.29, 0.717) is 48.2 Å². The molecule has 1 saturated carbocycles. The third kappa shape index (κ3) is 4.29. The van der Waals surface area contributed by atoms with Gasteiger partial charge in [-0.3, -0.25) is 0 Å². The Morgan fingerprint density at radius 3 is 2.60 bits per heavy atom. The summed E-state index contributed by atoms with van der Waals surface area (Å²) in [7, 11) is 1.59. The molecule has 9 nitrogen and oxygen atoms in total. The minimum Gasteiger partial charge on any atom is -0.480 e. The van der Waals surface area contributed by atoms with Gasteiger partial charge in [-0.25, -0.2) is 13.5 Å². The SMILES string of the molecule is COc1cc(N2C[C@H]3CC[C@H](C2)C3Nc2nc3n(n2)CCCO[C@@H]3c2cc(F)cc(F)c2)cnn1. The first-order chi connectivity index (χ1) is 17.1. The van der Waals surface area contributed by atoms with Crippen LogP contribution >= 0.6 is 0 Å². The quantitative estimate of drug-likeness (QED) is 0.592. The number of hydrogen-bond donors (Lipinski definition) is 1. The number of hydrogen-bond acceptors (Lipinski definition) is 8. The fourth-order valence-electron chi connectivity index (χ4n) is 5.66. The van der Waals surface area contributed by atoms with Gasteiger partial charge >= 0.3 is 0 Å². The molecule has 6 rings (SSSR count). The summed E-state index contributed by atoms with van der Waals surface area (Å²) < 4.78 is 40.8. The Bertz CT molecular complexity index is 1190. The summed E-state index contributed by atoms with van der Waals surface area (Å²) in [6.07, 6.45) is 4.10. The van der Waals surface area contributed by atoms with Gasteiger partial charge in [0.25, 0.3) is 0 Å². The van der Waals surface area contributed by atoms with Crippen molar-refractivity contribution < 1.29 is 18.3 Å². The number of rotatable bonds is 5. The van der Waals surface area contributed by atoms with Gasteiger partial charge in [-0.05, 0) is 48.8 Å². The maximum Gasteiger partial charge on any atom is 0.242 e. The number of nitrogens with zero attached hydrogens (tertiary/aromatic N) is 6. The number of halogens is 2. The predicted octanol–water partition coefficient (Wildman–Crippen LogP) is 3.19. The fraction of sp³-hybridized carbons (Fsp3) is 0.500. The molecule has 4 heterocycles. The third-order valence-corrected chi connectivity index (χ3v) is 7.24. The van der Waals surface area contributed by atoms with Crippen molar-refractivity contribution in [3.8, 4) is 5.88 Å². The second-order valence-corrected chi connectivity index (χ2v) is 9.45. The van der Waals surface area contributed by atoms with Gasteiger partial charge in [0.05, 0.1) is 19.0 Å². The van der Waals surface area contributed by atoms with Crippen molar-refractivity contribution in [3.05, 3.63) is 53.5 Å². The van der Waals surface area contributed by atoms with Crippen molar-refractivity contribution in [1.29, 1.82) is 0 Å². The van der Waals surface area contributed by atoms with Crippen LogP contribution < -0.4 is 15.0 Å². The van der Waals surface area contributed by atoms with Gasteiger partial charge in [0, 0.05) is 44.4 Å². The number of piperidine rings is 1. The number of ether oxygens (including phenoxy) is 2. The van der Waals surface area contributed by atoms with E-state index in [9.17, 15) is 8.78 Å². The number of methoxy groups -OCH3 is 1. The predicted molar refractivity (Wildman–Crippen MR) is 123 cm³/mol. The molecule has 11 heteroatoms. The molecule has 0 unspecified atom stereocenters. The molecule has 35 heavy (non-hydrogen) atoms. The van der Waals surface area contributed by atoms with Gasteiger partial charge < -0.3 is 19.7 Å². The lowest BCUT2D eigenvalue weighted by atomic mass is 9.92. The first-order valence-corrected chi connectivity index (χ1v) is 12.0. The molecule has 2 aromatic heterocycles. The van der Waals surface area contributed by atoms with Crippen LogP contribution in [0.25, 0.3) is 0 Å². The van der Waals surface area contributed by atoms with Crippen LogP contribution in [-0.2, 0) is 11.3 Å². The molecule has 3 aliphatic rings. The van der Waals surface area contributed by atoms with Gasteiger partial charge in [0.2, 0.25) is 11.8 Å². The number of aryl methyl sites for hydroxylation is 1. The molecule has 184 valence electrons. The molecule has 0 radical (unpaired) electrons. The first-order valence-electron chi connectivity index (χ1n) is 12.0. The lowest BCUT2D eigenvalue weighted by molar-refractivity contribution is 0.0808. The number of nitrogens with one attached hydrogen (secondary N) is 1. The van der Waals surface area contributed by atoms with Gasteiger partial charge in [0.1, 0.15) is 17.7 Å². The highest BCUT2D eigenvalue weighted by molar-refractivity contribution is 5.48. The highest BCUT2D eigenvalue weighted by Crippen LogP contribution is 2.40. The van der Waals surface area contributed by atoms with E-state index in [1.54, 1.807) is 18.0 Å². The molecule has 3 aromatic rings. The summed E-state index contributed by atoms with van der Waals surface area (Å²) in [5.41, 5.74) is 1.42. The normalized spacial score (nSPS) is 25.7. The second kappa shape index (κ2) is 9.03. The smallest absolute Gasteiger partial charge is 0.242 e. The van der Waals surface area contributed by atoms with Crippen molar-refractivity contribution in [1.82, 2.24) is 25.0 Å². The Kier molecular flexibility index (Phi) is 5.71. The van der Waals surface area contributed by atoms with E-state index in [4.69, 9.17) is 19.6 Å². The van der Waals surface area contributed by atoms with Crippen LogP contribution in [0.15, 0.2) is 30.5 Å². The van der Waals surface area contributed by atoms with Crippen LogP contribution in [0.3, 0.4) is 0 Å². The van der Waals surface area contributed by atoms with Gasteiger partial charge in [-0.2, -0.15) is 10.1 Å². The summed E-state index contributed by atoms with van der Waals surface area (Å²) in [6.45, 7) is 2.89. The molecular weight excluding hydrogens is 456 g/mol. The molecule has 2 fully saturated rings. The number of aromatic nitrogens is 5.